The van der Waals surface area contributed by atoms with Crippen LogP contribution in [0, 0.1) is 18.6 Å². The molecule has 0 aliphatic heterocycles. The maximum Gasteiger partial charge on any atom is 0.194 e. The molecule has 2 aromatic rings. The maximum absolute atomic E-state index is 13.5. The van der Waals surface area contributed by atoms with Crippen LogP contribution < -0.4 is 5.32 Å². The largest absolute Gasteiger partial charge is 0.371 e. The van der Waals surface area contributed by atoms with Crippen LogP contribution in [0.3, 0.4) is 0 Å². The summed E-state index contributed by atoms with van der Waals surface area (Å²) in [5.41, 5.74) is 0.767. The fraction of sp³-hybridized carbons (Fsp3) is 0.182. The number of halogens is 2. The number of anilines is 1. The van der Waals surface area contributed by atoms with Gasteiger partial charge in [0.1, 0.15) is 5.03 Å². The first-order valence-electron chi connectivity index (χ1n) is 5.11. The lowest BCUT2D eigenvalue weighted by atomic mass is 10.4. The Hall–Kier alpha value is -1.76. The minimum absolute atomic E-state index is 0.00782. The first kappa shape index (κ1) is 12.7. The SMILES string of the molecule is CNc1nc(Sc2nccc(C)n2)c(F)cc1F. The second kappa shape index (κ2) is 5.26. The molecule has 18 heavy (non-hydrogen) atoms. The molecule has 4 nitrogen and oxygen atoms in total. The average Bonchev–Trinajstić information content (AvgIpc) is 2.33. The van der Waals surface area contributed by atoms with Gasteiger partial charge in [-0.2, -0.15) is 0 Å². The fourth-order valence-electron chi connectivity index (χ4n) is 1.26. The molecule has 2 aromatic heterocycles. The van der Waals surface area contributed by atoms with E-state index in [4.69, 9.17) is 0 Å². The van der Waals surface area contributed by atoms with Gasteiger partial charge in [-0.15, -0.1) is 0 Å². The first-order valence-corrected chi connectivity index (χ1v) is 5.93. The highest BCUT2D eigenvalue weighted by molar-refractivity contribution is 7.99. The molecule has 2 heterocycles. The quantitative estimate of drug-likeness (QED) is 0.867. The molecule has 0 aliphatic rings. The number of aromatic nitrogens is 3. The van der Waals surface area contributed by atoms with Gasteiger partial charge in [-0.25, -0.2) is 23.7 Å². The Morgan fingerprint density at radius 2 is 2.00 bits per heavy atom. The van der Waals surface area contributed by atoms with Crippen LogP contribution in [0.5, 0.6) is 0 Å². The molecule has 0 radical (unpaired) electrons. The summed E-state index contributed by atoms with van der Waals surface area (Å²) in [5, 5.41) is 2.96. The van der Waals surface area contributed by atoms with E-state index in [0.717, 1.165) is 23.5 Å². The third-order valence-corrected chi connectivity index (χ3v) is 2.95. The highest BCUT2D eigenvalue weighted by atomic mass is 32.2. The van der Waals surface area contributed by atoms with Crippen molar-refractivity contribution < 1.29 is 8.78 Å². The van der Waals surface area contributed by atoms with E-state index in [2.05, 4.69) is 20.3 Å². The summed E-state index contributed by atoms with van der Waals surface area (Å²) in [5.74, 6) is -1.47. The number of aryl methyl sites for hydroxylation is 1. The van der Waals surface area contributed by atoms with Crippen molar-refractivity contribution in [3.8, 4) is 0 Å². The summed E-state index contributed by atoms with van der Waals surface area (Å²) < 4.78 is 26.8. The maximum atomic E-state index is 13.5. The van der Waals surface area contributed by atoms with Crippen molar-refractivity contribution in [1.82, 2.24) is 15.0 Å². The third-order valence-electron chi connectivity index (χ3n) is 2.09. The minimum atomic E-state index is -0.735. The summed E-state index contributed by atoms with van der Waals surface area (Å²) in [6.45, 7) is 1.80. The number of nitrogens with zero attached hydrogens (tertiary/aromatic N) is 3. The summed E-state index contributed by atoms with van der Waals surface area (Å²) in [4.78, 5) is 11.9. The Kier molecular flexibility index (Phi) is 3.71. The average molecular weight is 268 g/mol. The zero-order chi connectivity index (χ0) is 13.1. The molecule has 0 atom stereocenters. The van der Waals surface area contributed by atoms with E-state index < -0.39 is 11.6 Å². The molecule has 2 rings (SSSR count). The van der Waals surface area contributed by atoms with Crippen LogP contribution in [0.4, 0.5) is 14.6 Å². The molecule has 0 saturated carbocycles. The molecule has 0 amide bonds. The number of nitrogens with one attached hydrogen (secondary N) is 1. The summed E-state index contributed by atoms with van der Waals surface area (Å²) in [6, 6.07) is 2.52. The fourth-order valence-corrected chi connectivity index (χ4v) is 2.03. The molecule has 0 spiro atoms. The molecule has 0 aliphatic carbocycles. The lowest BCUT2D eigenvalue weighted by Gasteiger charge is -2.05. The van der Waals surface area contributed by atoms with Crippen LogP contribution in [0.2, 0.25) is 0 Å². The topological polar surface area (TPSA) is 50.7 Å². The van der Waals surface area contributed by atoms with Crippen LogP contribution in [-0.2, 0) is 0 Å². The standard InChI is InChI=1S/C11H10F2N4S/c1-6-3-4-15-11(16-6)18-10-8(13)5-7(12)9(14-2)17-10/h3-5H,1-2H3,(H,14,17). The Bertz CT molecular complexity index is 577. The van der Waals surface area contributed by atoms with Gasteiger partial charge in [0.2, 0.25) is 0 Å². The smallest absolute Gasteiger partial charge is 0.194 e. The summed E-state index contributed by atoms with van der Waals surface area (Å²) in [7, 11) is 1.51. The van der Waals surface area contributed by atoms with Crippen LogP contribution in [0.1, 0.15) is 5.69 Å². The van der Waals surface area contributed by atoms with Gasteiger partial charge in [-0.05, 0) is 24.8 Å². The Morgan fingerprint density at radius 3 is 2.67 bits per heavy atom. The minimum Gasteiger partial charge on any atom is -0.371 e. The second-order valence-corrected chi connectivity index (χ2v) is 4.39. The Morgan fingerprint density at radius 1 is 1.22 bits per heavy atom. The monoisotopic (exact) mass is 268 g/mol. The number of pyridine rings is 1. The molecule has 0 saturated heterocycles. The van der Waals surface area contributed by atoms with Gasteiger partial charge in [-0.3, -0.25) is 0 Å². The number of hydrogen-bond acceptors (Lipinski definition) is 5. The van der Waals surface area contributed by atoms with Crippen molar-refractivity contribution in [3.05, 3.63) is 35.7 Å². The number of rotatable bonds is 3. The van der Waals surface area contributed by atoms with Crippen molar-refractivity contribution in [1.29, 1.82) is 0 Å². The zero-order valence-electron chi connectivity index (χ0n) is 9.74. The van der Waals surface area contributed by atoms with E-state index in [9.17, 15) is 8.78 Å². The van der Waals surface area contributed by atoms with Crippen molar-refractivity contribution in [3.63, 3.8) is 0 Å². The van der Waals surface area contributed by atoms with Crippen molar-refractivity contribution >= 4 is 17.6 Å². The molecule has 7 heteroatoms. The summed E-state index contributed by atoms with van der Waals surface area (Å²) in [6.07, 6.45) is 1.57. The van der Waals surface area contributed by atoms with Gasteiger partial charge >= 0.3 is 0 Å². The molecule has 0 aromatic carbocycles. The van der Waals surface area contributed by atoms with E-state index >= 15 is 0 Å². The van der Waals surface area contributed by atoms with Crippen molar-refractivity contribution in [2.24, 2.45) is 0 Å². The number of hydrogen-bond donors (Lipinski definition) is 1. The molecule has 1 N–H and O–H groups in total. The summed E-state index contributed by atoms with van der Waals surface area (Å²) >= 11 is 0.952. The lowest BCUT2D eigenvalue weighted by molar-refractivity contribution is 0.551. The zero-order valence-corrected chi connectivity index (χ0v) is 10.6. The highest BCUT2D eigenvalue weighted by Crippen LogP contribution is 2.27. The predicted molar refractivity (Wildman–Crippen MR) is 64.6 cm³/mol. The molecular weight excluding hydrogens is 258 g/mol. The van der Waals surface area contributed by atoms with Crippen LogP contribution in [-0.4, -0.2) is 22.0 Å². The molecule has 0 bridgehead atoms. The van der Waals surface area contributed by atoms with E-state index in [1.54, 1.807) is 19.2 Å². The van der Waals surface area contributed by atoms with Crippen LogP contribution in [0.15, 0.2) is 28.5 Å². The molecule has 0 fully saturated rings. The normalized spacial score (nSPS) is 10.4. The molecule has 0 unspecified atom stereocenters. The van der Waals surface area contributed by atoms with Gasteiger partial charge in [0.25, 0.3) is 0 Å². The Labute approximate surface area is 107 Å². The highest BCUT2D eigenvalue weighted by Gasteiger charge is 2.13. The van der Waals surface area contributed by atoms with Crippen LogP contribution in [0.25, 0.3) is 0 Å². The van der Waals surface area contributed by atoms with Gasteiger partial charge in [0, 0.05) is 25.0 Å². The van der Waals surface area contributed by atoms with E-state index in [-0.39, 0.29) is 10.8 Å². The van der Waals surface area contributed by atoms with Crippen LogP contribution >= 0.6 is 11.8 Å². The van der Waals surface area contributed by atoms with Crippen molar-refractivity contribution in [2.75, 3.05) is 12.4 Å². The Balaban J connectivity index is 2.34. The van der Waals surface area contributed by atoms with E-state index in [1.807, 2.05) is 0 Å². The third kappa shape index (κ3) is 2.73. The first-order chi connectivity index (χ1) is 8.60. The van der Waals surface area contributed by atoms with Gasteiger partial charge in [0.15, 0.2) is 22.6 Å². The van der Waals surface area contributed by atoms with E-state index in [1.165, 1.54) is 7.05 Å². The van der Waals surface area contributed by atoms with Gasteiger partial charge < -0.3 is 5.32 Å². The van der Waals surface area contributed by atoms with Gasteiger partial charge in [-0.1, -0.05) is 0 Å². The van der Waals surface area contributed by atoms with E-state index in [0.29, 0.717) is 5.16 Å². The molecular formula is C11H10F2N4S. The second-order valence-electron chi connectivity index (χ2n) is 3.44. The predicted octanol–water partition coefficient (Wildman–Crippen LogP) is 2.65. The van der Waals surface area contributed by atoms with Gasteiger partial charge in [0.05, 0.1) is 0 Å². The van der Waals surface area contributed by atoms with Crippen molar-refractivity contribution in [2.45, 2.75) is 17.1 Å². The molecule has 94 valence electrons. The lowest BCUT2D eigenvalue weighted by Crippen LogP contribution is -2.00.